The molecule has 0 atom stereocenters. The van der Waals surface area contributed by atoms with Crippen LogP contribution in [0.3, 0.4) is 0 Å². The van der Waals surface area contributed by atoms with Gasteiger partial charge in [-0.25, -0.2) is 4.68 Å². The van der Waals surface area contributed by atoms with Crippen LogP contribution in [0.2, 0.25) is 0 Å². The van der Waals surface area contributed by atoms with Crippen LogP contribution >= 0.6 is 11.3 Å². The summed E-state index contributed by atoms with van der Waals surface area (Å²) in [5.74, 6) is 1.58. The lowest BCUT2D eigenvalue weighted by Crippen LogP contribution is -2.14. The highest BCUT2D eigenvalue weighted by molar-refractivity contribution is 7.07. The third-order valence-electron chi connectivity index (χ3n) is 4.41. The Morgan fingerprint density at radius 2 is 1.89 bits per heavy atom. The number of hydrogen-bond donors (Lipinski definition) is 0. The minimum atomic E-state index is 0.580. The highest BCUT2D eigenvalue weighted by Crippen LogP contribution is 2.27. The standard InChI is InChI=1S/C21H25N3O2S/c1-14-10-16(3)19(11-15(14)2)20-13-27-21(22-8-9-25-5)24(20)23-12-18-7-6-17(4)26-18/h6-7,10-13H,8-9H2,1-5H3/b22-21?,23-12-. The van der Waals surface area contributed by atoms with Crippen molar-refractivity contribution in [1.29, 1.82) is 0 Å². The molecule has 0 saturated carbocycles. The first-order valence-electron chi connectivity index (χ1n) is 8.88. The quantitative estimate of drug-likeness (QED) is 0.466. The summed E-state index contributed by atoms with van der Waals surface area (Å²) in [5.41, 5.74) is 5.96. The highest BCUT2D eigenvalue weighted by Gasteiger charge is 2.11. The van der Waals surface area contributed by atoms with E-state index in [2.05, 4.69) is 48.4 Å². The number of thiazole rings is 1. The molecule has 1 aromatic carbocycles. The Kier molecular flexibility index (Phi) is 6.08. The van der Waals surface area contributed by atoms with Crippen molar-refractivity contribution < 1.29 is 9.15 Å². The Labute approximate surface area is 163 Å². The van der Waals surface area contributed by atoms with Crippen molar-refractivity contribution in [3.8, 4) is 11.3 Å². The number of aromatic nitrogens is 1. The highest BCUT2D eigenvalue weighted by atomic mass is 32.1. The largest absolute Gasteiger partial charge is 0.460 e. The first kappa shape index (κ1) is 19.3. The molecule has 5 nitrogen and oxygen atoms in total. The van der Waals surface area contributed by atoms with E-state index >= 15 is 0 Å². The van der Waals surface area contributed by atoms with Crippen LogP contribution in [0.15, 0.2) is 44.2 Å². The van der Waals surface area contributed by atoms with Gasteiger partial charge in [0.05, 0.1) is 25.1 Å². The van der Waals surface area contributed by atoms with Gasteiger partial charge in [0.25, 0.3) is 0 Å². The van der Waals surface area contributed by atoms with Gasteiger partial charge in [-0.2, -0.15) is 5.10 Å². The fraction of sp³-hybridized carbons (Fsp3) is 0.333. The number of benzene rings is 1. The minimum absolute atomic E-state index is 0.580. The average molecular weight is 384 g/mol. The molecule has 3 aromatic rings. The number of furan rings is 1. The number of nitrogens with zero attached hydrogens (tertiary/aromatic N) is 3. The molecule has 0 fully saturated rings. The van der Waals surface area contributed by atoms with Crippen LogP contribution in [0.1, 0.15) is 28.2 Å². The molecular formula is C21H25N3O2S. The second kappa shape index (κ2) is 8.50. The summed E-state index contributed by atoms with van der Waals surface area (Å²) in [7, 11) is 1.68. The smallest absolute Gasteiger partial charge is 0.206 e. The van der Waals surface area contributed by atoms with E-state index in [9.17, 15) is 0 Å². The van der Waals surface area contributed by atoms with E-state index in [4.69, 9.17) is 9.15 Å². The zero-order valence-corrected chi connectivity index (χ0v) is 17.3. The van der Waals surface area contributed by atoms with Crippen LogP contribution in [0.4, 0.5) is 0 Å². The summed E-state index contributed by atoms with van der Waals surface area (Å²) in [4.78, 5) is 5.47. The van der Waals surface area contributed by atoms with Crippen molar-refractivity contribution in [2.45, 2.75) is 27.7 Å². The molecule has 0 aliphatic carbocycles. The van der Waals surface area contributed by atoms with Gasteiger partial charge in [0.2, 0.25) is 4.80 Å². The molecule has 0 amide bonds. The summed E-state index contributed by atoms with van der Waals surface area (Å²) in [6, 6.07) is 8.27. The summed E-state index contributed by atoms with van der Waals surface area (Å²) in [5, 5.41) is 6.78. The molecule has 0 aliphatic heterocycles. The molecule has 2 heterocycles. The van der Waals surface area contributed by atoms with Gasteiger partial charge < -0.3 is 9.15 Å². The molecule has 27 heavy (non-hydrogen) atoms. The van der Waals surface area contributed by atoms with Gasteiger partial charge in [-0.15, -0.1) is 11.3 Å². The lowest BCUT2D eigenvalue weighted by Gasteiger charge is -2.10. The van der Waals surface area contributed by atoms with Gasteiger partial charge in [0.15, 0.2) is 0 Å². The SMILES string of the molecule is COCCN=c1scc(-c2cc(C)c(C)cc2C)n1/N=C\c1ccc(C)o1. The predicted octanol–water partition coefficient (Wildman–Crippen LogP) is 4.47. The Hall–Kier alpha value is -2.44. The molecule has 0 bridgehead atoms. The Morgan fingerprint density at radius 3 is 2.59 bits per heavy atom. The van der Waals surface area contributed by atoms with E-state index in [1.807, 2.05) is 23.7 Å². The van der Waals surface area contributed by atoms with Crippen LogP contribution in [0.5, 0.6) is 0 Å². The zero-order valence-electron chi connectivity index (χ0n) is 16.4. The van der Waals surface area contributed by atoms with Crippen molar-refractivity contribution in [2.75, 3.05) is 20.3 Å². The molecule has 142 valence electrons. The van der Waals surface area contributed by atoms with Gasteiger partial charge in [-0.1, -0.05) is 6.07 Å². The molecule has 0 N–H and O–H groups in total. The van der Waals surface area contributed by atoms with E-state index in [1.165, 1.54) is 16.7 Å². The fourth-order valence-corrected chi connectivity index (χ4v) is 3.67. The maximum atomic E-state index is 5.61. The van der Waals surface area contributed by atoms with E-state index in [0.717, 1.165) is 27.6 Å². The zero-order chi connectivity index (χ0) is 19.4. The third kappa shape index (κ3) is 4.46. The maximum absolute atomic E-state index is 5.61. The molecule has 2 aromatic heterocycles. The lowest BCUT2D eigenvalue weighted by atomic mass is 9.99. The van der Waals surface area contributed by atoms with E-state index in [0.29, 0.717) is 13.2 Å². The van der Waals surface area contributed by atoms with Crippen molar-refractivity contribution in [1.82, 2.24) is 4.68 Å². The van der Waals surface area contributed by atoms with Crippen LogP contribution in [0.25, 0.3) is 11.3 Å². The van der Waals surface area contributed by atoms with Crippen molar-refractivity contribution in [3.05, 3.63) is 62.7 Å². The first-order chi connectivity index (χ1) is 13.0. The molecule has 6 heteroatoms. The van der Waals surface area contributed by atoms with E-state index in [1.54, 1.807) is 24.7 Å². The number of hydrogen-bond acceptors (Lipinski definition) is 5. The average Bonchev–Trinajstić information content (AvgIpc) is 3.22. The Bertz CT molecular complexity index is 1020. The first-order valence-corrected chi connectivity index (χ1v) is 9.76. The molecule has 0 aliphatic rings. The van der Waals surface area contributed by atoms with E-state index in [-0.39, 0.29) is 0 Å². The summed E-state index contributed by atoms with van der Waals surface area (Å²) in [6.07, 6.45) is 1.73. The molecule has 0 radical (unpaired) electrons. The number of ether oxygens (including phenoxy) is 1. The Morgan fingerprint density at radius 1 is 1.11 bits per heavy atom. The van der Waals surface area contributed by atoms with Crippen LogP contribution in [0, 0.1) is 27.7 Å². The Balaban J connectivity index is 2.10. The van der Waals surface area contributed by atoms with Gasteiger partial charge in [-0.05, 0) is 62.6 Å². The maximum Gasteiger partial charge on any atom is 0.206 e. The van der Waals surface area contributed by atoms with E-state index < -0.39 is 0 Å². The van der Waals surface area contributed by atoms with Crippen molar-refractivity contribution in [3.63, 3.8) is 0 Å². The van der Waals surface area contributed by atoms with Gasteiger partial charge in [0, 0.05) is 18.1 Å². The topological polar surface area (TPSA) is 52.0 Å². The normalized spacial score (nSPS) is 12.4. The second-order valence-corrected chi connectivity index (χ2v) is 7.37. The molecule has 0 unspecified atom stereocenters. The molecular weight excluding hydrogens is 358 g/mol. The van der Waals surface area contributed by atoms with Gasteiger partial charge >= 0.3 is 0 Å². The van der Waals surface area contributed by atoms with Gasteiger partial charge in [0.1, 0.15) is 11.5 Å². The van der Waals surface area contributed by atoms with Crippen LogP contribution in [-0.4, -0.2) is 31.2 Å². The summed E-state index contributed by atoms with van der Waals surface area (Å²) < 4.78 is 12.6. The molecule has 0 saturated heterocycles. The summed E-state index contributed by atoms with van der Waals surface area (Å²) >= 11 is 1.58. The lowest BCUT2D eigenvalue weighted by molar-refractivity contribution is 0.207. The monoisotopic (exact) mass is 383 g/mol. The third-order valence-corrected chi connectivity index (χ3v) is 5.26. The number of aryl methyl sites for hydroxylation is 4. The van der Waals surface area contributed by atoms with Crippen LogP contribution < -0.4 is 4.80 Å². The molecule has 3 rings (SSSR count). The summed E-state index contributed by atoms with van der Waals surface area (Å²) in [6.45, 7) is 9.49. The van der Waals surface area contributed by atoms with Crippen molar-refractivity contribution >= 4 is 17.6 Å². The number of rotatable bonds is 6. The van der Waals surface area contributed by atoms with Gasteiger partial charge in [-0.3, -0.25) is 4.99 Å². The molecule has 0 spiro atoms. The fourth-order valence-electron chi connectivity index (χ4n) is 2.81. The van der Waals surface area contributed by atoms with Crippen LogP contribution in [-0.2, 0) is 4.74 Å². The minimum Gasteiger partial charge on any atom is -0.460 e. The van der Waals surface area contributed by atoms with Crippen molar-refractivity contribution in [2.24, 2.45) is 10.1 Å². The second-order valence-electron chi connectivity index (χ2n) is 6.53. The predicted molar refractivity (Wildman–Crippen MR) is 111 cm³/mol. The number of methoxy groups -OCH3 is 1.